The Kier molecular flexibility index (Phi) is 7.69. The fraction of sp³-hybridized carbons (Fsp3) is 0.214. The molecule has 1 N–H and O–H groups in total. The van der Waals surface area contributed by atoms with Crippen LogP contribution in [0.3, 0.4) is 0 Å². The summed E-state index contributed by atoms with van der Waals surface area (Å²) in [6.07, 6.45) is 0.819. The van der Waals surface area contributed by atoms with E-state index in [9.17, 15) is 19.2 Å². The fourth-order valence-electron chi connectivity index (χ4n) is 4.30. The number of amides is 3. The van der Waals surface area contributed by atoms with Gasteiger partial charge in [-0.3, -0.25) is 19.3 Å². The summed E-state index contributed by atoms with van der Waals surface area (Å²) in [4.78, 5) is 51.3. The molecule has 1 aliphatic heterocycles. The highest BCUT2D eigenvalue weighted by Crippen LogP contribution is 2.30. The molecule has 1 aliphatic rings. The molecule has 2 heterocycles. The lowest BCUT2D eigenvalue weighted by atomic mass is 9.94. The number of carbonyl (C=O) groups excluding carboxylic acids is 4. The first kappa shape index (κ1) is 26.1. The third-order valence-corrected chi connectivity index (χ3v) is 6.90. The summed E-state index contributed by atoms with van der Waals surface area (Å²) in [5.74, 6) is -0.924. The Hall–Kier alpha value is -4.51. The third kappa shape index (κ3) is 5.68. The summed E-state index contributed by atoms with van der Waals surface area (Å²) in [5.41, 5.74) is 1.99. The van der Waals surface area contributed by atoms with Gasteiger partial charge in [0.2, 0.25) is 11.8 Å². The fourth-order valence-corrected chi connectivity index (χ4v) is 4.88. The number of benzene rings is 3. The van der Waals surface area contributed by atoms with E-state index in [2.05, 4.69) is 15.5 Å². The van der Waals surface area contributed by atoms with E-state index in [-0.39, 0.29) is 41.8 Å². The molecule has 1 aromatic heterocycles. The van der Waals surface area contributed by atoms with E-state index in [1.165, 1.54) is 4.90 Å². The summed E-state index contributed by atoms with van der Waals surface area (Å²) in [5, 5.41) is 12.5. The van der Waals surface area contributed by atoms with Crippen molar-refractivity contribution in [1.82, 2.24) is 15.1 Å². The average molecular weight is 545 g/mol. The number of anilines is 1. The molecule has 0 bridgehead atoms. The number of aromatic nitrogens is 2. The van der Waals surface area contributed by atoms with E-state index in [0.29, 0.717) is 46.5 Å². The Labute approximate surface area is 227 Å². The minimum atomic E-state index is -0.421. The molecule has 0 unspecified atom stereocenters. The van der Waals surface area contributed by atoms with Gasteiger partial charge in [0.05, 0.1) is 17.9 Å². The first-order valence-electron chi connectivity index (χ1n) is 12.3. The predicted octanol–water partition coefficient (Wildman–Crippen LogP) is 4.36. The molecule has 0 aliphatic carbocycles. The van der Waals surface area contributed by atoms with Crippen molar-refractivity contribution in [2.75, 3.05) is 24.2 Å². The predicted molar refractivity (Wildman–Crippen MR) is 144 cm³/mol. The van der Waals surface area contributed by atoms with Crippen LogP contribution < -0.4 is 5.32 Å². The molecular weight excluding hydrogens is 520 g/mol. The maximum Gasteiger partial charge on any atom is 0.338 e. The van der Waals surface area contributed by atoms with Crippen molar-refractivity contribution in [3.63, 3.8) is 0 Å². The summed E-state index contributed by atoms with van der Waals surface area (Å²) in [6.45, 7) is 2.23. The minimum absolute atomic E-state index is 0.0446. The number of carbonyl (C=O) groups is 4. The Balaban J connectivity index is 1.10. The topological polar surface area (TPSA) is 132 Å². The number of nitrogens with one attached hydrogen (secondary N) is 1. The van der Waals surface area contributed by atoms with E-state index >= 15 is 0 Å². The molecule has 0 saturated heterocycles. The number of thioether (sulfide) groups is 1. The van der Waals surface area contributed by atoms with Crippen molar-refractivity contribution < 1.29 is 28.3 Å². The first-order valence-corrected chi connectivity index (χ1v) is 13.3. The van der Waals surface area contributed by atoms with Crippen molar-refractivity contribution >= 4 is 51.9 Å². The molecule has 39 heavy (non-hydrogen) atoms. The van der Waals surface area contributed by atoms with Gasteiger partial charge in [-0.05, 0) is 55.1 Å². The summed E-state index contributed by atoms with van der Waals surface area (Å²) in [7, 11) is 0. The van der Waals surface area contributed by atoms with Gasteiger partial charge in [-0.2, -0.15) is 0 Å². The highest BCUT2D eigenvalue weighted by molar-refractivity contribution is 7.99. The Morgan fingerprint density at radius 1 is 0.974 bits per heavy atom. The van der Waals surface area contributed by atoms with Crippen LogP contribution >= 0.6 is 11.8 Å². The number of rotatable bonds is 10. The molecule has 198 valence electrons. The van der Waals surface area contributed by atoms with Crippen molar-refractivity contribution in [2.45, 2.75) is 25.0 Å². The normalized spacial score (nSPS) is 12.6. The number of esters is 1. The summed E-state index contributed by atoms with van der Waals surface area (Å²) >= 11 is 1.09. The van der Waals surface area contributed by atoms with Crippen molar-refractivity contribution in [3.8, 4) is 0 Å². The molecule has 11 heteroatoms. The molecule has 3 aromatic carbocycles. The molecule has 0 fully saturated rings. The third-order valence-electron chi connectivity index (χ3n) is 6.08. The SMILES string of the molecule is CCOC(=O)c1ccc(NC(=O)CSc2nnc(CCCN3C(=O)c4cccc5cccc(c45)C3=O)o2)cc1. The maximum atomic E-state index is 13.0. The van der Waals surface area contributed by atoms with Crippen LogP contribution in [0.1, 0.15) is 50.3 Å². The van der Waals surface area contributed by atoms with Crippen LogP contribution in [0.2, 0.25) is 0 Å². The van der Waals surface area contributed by atoms with Gasteiger partial charge in [-0.25, -0.2) is 4.79 Å². The van der Waals surface area contributed by atoms with Gasteiger partial charge in [-0.15, -0.1) is 10.2 Å². The maximum absolute atomic E-state index is 13.0. The van der Waals surface area contributed by atoms with E-state index in [1.54, 1.807) is 43.3 Å². The van der Waals surface area contributed by atoms with Crippen molar-refractivity contribution in [1.29, 1.82) is 0 Å². The van der Waals surface area contributed by atoms with Gasteiger partial charge in [0.15, 0.2) is 0 Å². The number of hydrogen-bond donors (Lipinski definition) is 1. The lowest BCUT2D eigenvalue weighted by Gasteiger charge is -2.27. The van der Waals surface area contributed by atoms with Gasteiger partial charge in [0.1, 0.15) is 0 Å². The van der Waals surface area contributed by atoms with Gasteiger partial charge in [0.25, 0.3) is 17.0 Å². The van der Waals surface area contributed by atoms with E-state index < -0.39 is 5.97 Å². The highest BCUT2D eigenvalue weighted by Gasteiger charge is 2.32. The van der Waals surface area contributed by atoms with Crippen LogP contribution in [-0.4, -0.2) is 57.7 Å². The zero-order valence-electron chi connectivity index (χ0n) is 21.0. The largest absolute Gasteiger partial charge is 0.462 e. The van der Waals surface area contributed by atoms with Crippen LogP contribution in [0.4, 0.5) is 5.69 Å². The lowest BCUT2D eigenvalue weighted by molar-refractivity contribution is -0.113. The number of ether oxygens (including phenoxy) is 1. The number of nitrogens with zero attached hydrogens (tertiary/aromatic N) is 3. The molecule has 0 spiro atoms. The van der Waals surface area contributed by atoms with Gasteiger partial charge < -0.3 is 14.5 Å². The van der Waals surface area contributed by atoms with Gasteiger partial charge in [0, 0.05) is 35.2 Å². The Morgan fingerprint density at radius 3 is 2.33 bits per heavy atom. The molecule has 5 rings (SSSR count). The Bertz CT molecular complexity index is 1520. The molecule has 10 nitrogen and oxygen atoms in total. The minimum Gasteiger partial charge on any atom is -0.462 e. The van der Waals surface area contributed by atoms with Crippen molar-refractivity contribution in [2.24, 2.45) is 0 Å². The van der Waals surface area contributed by atoms with Crippen LogP contribution in [0.15, 0.2) is 70.3 Å². The quantitative estimate of drug-likeness (QED) is 0.176. The second-order valence-electron chi connectivity index (χ2n) is 8.67. The second-order valence-corrected chi connectivity index (χ2v) is 9.60. The van der Waals surface area contributed by atoms with Crippen LogP contribution in [0, 0.1) is 0 Å². The molecular formula is C28H24N4O6S. The zero-order valence-corrected chi connectivity index (χ0v) is 21.8. The van der Waals surface area contributed by atoms with E-state index in [1.807, 2.05) is 24.3 Å². The van der Waals surface area contributed by atoms with E-state index in [0.717, 1.165) is 17.1 Å². The summed E-state index contributed by atoms with van der Waals surface area (Å²) < 4.78 is 10.6. The van der Waals surface area contributed by atoms with E-state index in [4.69, 9.17) is 9.15 Å². The number of hydrogen-bond acceptors (Lipinski definition) is 9. The van der Waals surface area contributed by atoms with Gasteiger partial charge >= 0.3 is 5.97 Å². The van der Waals surface area contributed by atoms with Gasteiger partial charge in [-0.1, -0.05) is 36.0 Å². The second kappa shape index (κ2) is 11.5. The zero-order chi connectivity index (χ0) is 27.4. The lowest BCUT2D eigenvalue weighted by Crippen LogP contribution is -2.41. The number of imide groups is 1. The number of aryl methyl sites for hydroxylation is 1. The molecule has 4 aromatic rings. The average Bonchev–Trinajstić information content (AvgIpc) is 3.40. The Morgan fingerprint density at radius 2 is 1.67 bits per heavy atom. The van der Waals surface area contributed by atoms with Crippen LogP contribution in [0.25, 0.3) is 10.8 Å². The molecule has 0 radical (unpaired) electrons. The standard InChI is InChI=1S/C28H24N4O6S/c1-2-37-27(36)18-11-13-19(14-12-18)29-22(33)16-39-28-31-30-23(38-28)10-5-15-32-25(34)20-8-3-6-17-7-4-9-21(24(17)20)26(32)35/h3-4,6-9,11-14H,2,5,10,15-16H2,1H3,(H,29,33). The highest BCUT2D eigenvalue weighted by atomic mass is 32.2. The molecule has 3 amide bonds. The molecule has 0 atom stereocenters. The summed E-state index contributed by atoms with van der Waals surface area (Å²) in [6, 6.07) is 17.3. The van der Waals surface area contributed by atoms with Crippen LogP contribution in [-0.2, 0) is 16.0 Å². The monoisotopic (exact) mass is 544 g/mol. The van der Waals surface area contributed by atoms with Crippen LogP contribution in [0.5, 0.6) is 0 Å². The molecule has 0 saturated carbocycles. The first-order chi connectivity index (χ1) is 18.9. The smallest absolute Gasteiger partial charge is 0.338 e. The van der Waals surface area contributed by atoms with Crippen molar-refractivity contribution in [3.05, 3.63) is 83.2 Å².